The van der Waals surface area contributed by atoms with Crippen molar-refractivity contribution >= 4 is 46.0 Å². The summed E-state index contributed by atoms with van der Waals surface area (Å²) in [6, 6.07) is 3.45. The number of hydrogen-bond acceptors (Lipinski definition) is 6. The number of halogens is 2. The van der Waals surface area contributed by atoms with Gasteiger partial charge in [0.25, 0.3) is 0 Å². The minimum absolute atomic E-state index is 0.0654. The van der Waals surface area contributed by atoms with Crippen LogP contribution in [-0.4, -0.2) is 56.0 Å². The molecule has 0 radical (unpaired) electrons. The van der Waals surface area contributed by atoms with Gasteiger partial charge in [-0.25, -0.2) is 14.3 Å². The Kier molecular flexibility index (Phi) is 6.64. The predicted molar refractivity (Wildman–Crippen MR) is 135 cm³/mol. The number of amides is 1. The highest BCUT2D eigenvalue weighted by Crippen LogP contribution is 2.33. The number of pyridine rings is 2. The highest BCUT2D eigenvalue weighted by atomic mass is 35.5. The third-order valence-corrected chi connectivity index (χ3v) is 6.74. The fourth-order valence-electron chi connectivity index (χ4n) is 4.41. The third-order valence-electron chi connectivity index (χ3n) is 6.07. The highest BCUT2D eigenvalue weighted by Gasteiger charge is 2.29. The van der Waals surface area contributed by atoms with E-state index in [1.165, 1.54) is 10.6 Å². The second-order valence-corrected chi connectivity index (χ2v) is 9.50. The van der Waals surface area contributed by atoms with Gasteiger partial charge in [0, 0.05) is 31.9 Å². The first-order valence-electron chi connectivity index (χ1n) is 11.1. The number of aromatic nitrogens is 4. The van der Waals surface area contributed by atoms with Crippen molar-refractivity contribution in [1.29, 1.82) is 0 Å². The van der Waals surface area contributed by atoms with Gasteiger partial charge in [-0.05, 0) is 43.5 Å². The van der Waals surface area contributed by atoms with Crippen molar-refractivity contribution in [1.82, 2.24) is 24.4 Å². The topological polar surface area (TPSA) is 84.2 Å². The number of nitrogens with zero attached hydrogens (tertiary/aromatic N) is 6. The van der Waals surface area contributed by atoms with E-state index in [1.807, 2.05) is 38.7 Å². The van der Waals surface area contributed by atoms with Gasteiger partial charge in [0.15, 0.2) is 5.65 Å². The number of piperazine rings is 1. The van der Waals surface area contributed by atoms with Crippen molar-refractivity contribution in [3.8, 4) is 5.69 Å². The van der Waals surface area contributed by atoms with Crippen LogP contribution in [0.4, 0.5) is 5.82 Å². The smallest absolute Gasteiger partial charge is 0.352 e. The molecular formula is C24H26Cl2N6O2. The summed E-state index contributed by atoms with van der Waals surface area (Å²) in [7, 11) is 0. The van der Waals surface area contributed by atoms with Gasteiger partial charge in [0.2, 0.25) is 5.91 Å². The van der Waals surface area contributed by atoms with Crippen molar-refractivity contribution in [3.63, 3.8) is 0 Å². The summed E-state index contributed by atoms with van der Waals surface area (Å²) in [5, 5.41) is 0.965. The van der Waals surface area contributed by atoms with E-state index in [0.717, 1.165) is 11.3 Å². The molecule has 1 atom stereocenters. The second-order valence-electron chi connectivity index (χ2n) is 8.73. The van der Waals surface area contributed by atoms with Gasteiger partial charge in [-0.15, -0.1) is 0 Å². The maximum Gasteiger partial charge on any atom is 0.355 e. The molecule has 0 bridgehead atoms. The summed E-state index contributed by atoms with van der Waals surface area (Å²) in [5.74, 6) is 0.410. The van der Waals surface area contributed by atoms with Crippen LogP contribution in [0.2, 0.25) is 10.2 Å². The molecule has 4 heterocycles. The van der Waals surface area contributed by atoms with Gasteiger partial charge in [-0.3, -0.25) is 9.78 Å². The Hall–Kier alpha value is -2.97. The molecule has 1 aliphatic rings. The zero-order valence-corrected chi connectivity index (χ0v) is 21.1. The van der Waals surface area contributed by atoms with E-state index in [4.69, 9.17) is 23.2 Å². The molecule has 3 aromatic rings. The fraction of sp³-hybridized carbons (Fsp3) is 0.375. The number of hydrogen-bond donors (Lipinski definition) is 0. The van der Waals surface area contributed by atoms with Crippen molar-refractivity contribution in [2.24, 2.45) is 0 Å². The van der Waals surface area contributed by atoms with Crippen LogP contribution in [0.15, 0.2) is 35.8 Å². The van der Waals surface area contributed by atoms with Gasteiger partial charge in [0.05, 0.1) is 21.8 Å². The first kappa shape index (κ1) is 24.2. The van der Waals surface area contributed by atoms with Crippen LogP contribution >= 0.6 is 23.2 Å². The lowest BCUT2D eigenvalue weighted by molar-refractivity contribution is -0.128. The minimum Gasteiger partial charge on any atom is -0.352 e. The molecule has 0 saturated carbocycles. The Morgan fingerprint density at radius 3 is 2.65 bits per heavy atom. The number of anilines is 1. The second kappa shape index (κ2) is 9.35. The quantitative estimate of drug-likeness (QED) is 0.395. The van der Waals surface area contributed by atoms with Crippen LogP contribution in [0.1, 0.15) is 37.9 Å². The molecule has 0 N–H and O–H groups in total. The molecule has 0 spiro atoms. The summed E-state index contributed by atoms with van der Waals surface area (Å²) in [5.41, 5.74) is 2.15. The maximum atomic E-state index is 13.5. The molecule has 34 heavy (non-hydrogen) atoms. The van der Waals surface area contributed by atoms with E-state index in [0.29, 0.717) is 42.2 Å². The van der Waals surface area contributed by atoms with Crippen LogP contribution in [-0.2, 0) is 4.79 Å². The normalized spacial score (nSPS) is 16.4. The van der Waals surface area contributed by atoms with Crippen molar-refractivity contribution in [3.05, 3.63) is 62.9 Å². The summed E-state index contributed by atoms with van der Waals surface area (Å²) in [6.45, 7) is 13.0. The van der Waals surface area contributed by atoms with Gasteiger partial charge in [-0.2, -0.15) is 4.98 Å². The van der Waals surface area contributed by atoms with Crippen molar-refractivity contribution in [2.75, 3.05) is 24.5 Å². The lowest BCUT2D eigenvalue weighted by Crippen LogP contribution is -2.54. The molecule has 1 amide bonds. The lowest BCUT2D eigenvalue weighted by atomic mass is 10.0. The first-order chi connectivity index (χ1) is 16.1. The number of fused-ring (bicyclic) bond motifs is 1. The fourth-order valence-corrected chi connectivity index (χ4v) is 4.69. The van der Waals surface area contributed by atoms with Gasteiger partial charge in [0.1, 0.15) is 11.0 Å². The first-order valence-corrected chi connectivity index (χ1v) is 11.8. The van der Waals surface area contributed by atoms with Crippen molar-refractivity contribution < 1.29 is 4.79 Å². The van der Waals surface area contributed by atoms with Crippen LogP contribution in [0.25, 0.3) is 16.7 Å². The van der Waals surface area contributed by atoms with Crippen LogP contribution < -0.4 is 10.6 Å². The summed E-state index contributed by atoms with van der Waals surface area (Å²) in [6.07, 6.45) is 3.04. The van der Waals surface area contributed by atoms with Crippen molar-refractivity contribution in [2.45, 2.75) is 39.7 Å². The molecule has 1 fully saturated rings. The van der Waals surface area contributed by atoms with E-state index in [2.05, 4.69) is 21.5 Å². The monoisotopic (exact) mass is 500 g/mol. The predicted octanol–water partition coefficient (Wildman–Crippen LogP) is 4.14. The number of aryl methyl sites for hydroxylation is 1. The molecule has 0 aromatic carbocycles. The molecule has 4 rings (SSSR count). The lowest BCUT2D eigenvalue weighted by Gasteiger charge is -2.40. The molecule has 1 saturated heterocycles. The molecule has 1 aliphatic heterocycles. The Morgan fingerprint density at radius 2 is 2.00 bits per heavy atom. The molecule has 178 valence electrons. The number of rotatable bonds is 4. The molecular weight excluding hydrogens is 475 g/mol. The van der Waals surface area contributed by atoms with Crippen LogP contribution in [0, 0.1) is 6.92 Å². The average molecular weight is 501 g/mol. The Balaban J connectivity index is 1.95. The molecule has 0 aliphatic carbocycles. The standard InChI is InChI=1S/C24H26Cl2N6O2/c1-6-18(33)31-10-9-30(12-15(31)5)22-16-11-17(25)21(26)28-23(16)32(24(34)29-22)20-14(4)7-8-27-19(20)13(2)3/h6-8,11,13,15H,1,9-10,12H2,2-5H3/t15-/m0/s1. The van der Waals surface area contributed by atoms with Crippen LogP contribution in [0.5, 0.6) is 0 Å². The van der Waals surface area contributed by atoms with Gasteiger partial charge < -0.3 is 9.80 Å². The Labute approximate surface area is 207 Å². The Bertz CT molecular complexity index is 1350. The molecule has 10 heteroatoms. The highest BCUT2D eigenvalue weighted by molar-refractivity contribution is 6.41. The number of carbonyl (C=O) groups is 1. The SMILES string of the molecule is C=CC(=O)N1CCN(c2nc(=O)n(-c3c(C)ccnc3C(C)C)c3nc(Cl)c(Cl)cc23)C[C@@H]1C. The Morgan fingerprint density at radius 1 is 1.26 bits per heavy atom. The molecule has 8 nitrogen and oxygen atoms in total. The minimum atomic E-state index is -0.483. The van der Waals surface area contributed by atoms with Gasteiger partial charge in [-0.1, -0.05) is 43.6 Å². The third kappa shape index (κ3) is 4.16. The average Bonchev–Trinajstić information content (AvgIpc) is 2.79. The van der Waals surface area contributed by atoms with E-state index in [1.54, 1.807) is 17.2 Å². The van der Waals surface area contributed by atoms with E-state index < -0.39 is 5.69 Å². The molecule has 3 aromatic heterocycles. The summed E-state index contributed by atoms with van der Waals surface area (Å²) >= 11 is 12.7. The zero-order chi connectivity index (χ0) is 24.7. The molecule has 0 unspecified atom stereocenters. The van der Waals surface area contributed by atoms with E-state index in [-0.39, 0.29) is 28.0 Å². The zero-order valence-electron chi connectivity index (χ0n) is 19.5. The van der Waals surface area contributed by atoms with E-state index >= 15 is 0 Å². The summed E-state index contributed by atoms with van der Waals surface area (Å²) < 4.78 is 1.47. The number of carbonyl (C=O) groups excluding carboxylic acids is 1. The van der Waals surface area contributed by atoms with Crippen LogP contribution in [0.3, 0.4) is 0 Å². The maximum absolute atomic E-state index is 13.5. The van der Waals surface area contributed by atoms with Gasteiger partial charge >= 0.3 is 5.69 Å². The van der Waals surface area contributed by atoms with E-state index in [9.17, 15) is 9.59 Å². The largest absolute Gasteiger partial charge is 0.355 e. The summed E-state index contributed by atoms with van der Waals surface area (Å²) in [4.78, 5) is 42.9.